The van der Waals surface area contributed by atoms with Gasteiger partial charge in [-0.05, 0) is 43.5 Å². The van der Waals surface area contributed by atoms with Crippen molar-refractivity contribution in [1.82, 2.24) is 10.6 Å². The quantitative estimate of drug-likeness (QED) is 0.714. The Balaban J connectivity index is 1.56. The van der Waals surface area contributed by atoms with Crippen LogP contribution in [-0.4, -0.2) is 24.4 Å². The maximum atomic E-state index is 12.9. The van der Waals surface area contributed by atoms with Crippen LogP contribution in [0, 0.1) is 6.92 Å². The van der Waals surface area contributed by atoms with E-state index in [0.717, 1.165) is 12.0 Å². The summed E-state index contributed by atoms with van der Waals surface area (Å²) in [6, 6.07) is 14.8. The van der Waals surface area contributed by atoms with E-state index >= 15 is 0 Å². The highest BCUT2D eigenvalue weighted by Crippen LogP contribution is 2.29. The molecule has 1 saturated heterocycles. The SMILES string of the molecule is Cc1oc2ccc(OCc3ccccc3)cc2c1C(=O)N[C@@H]1CCCNC1=O. The third kappa shape index (κ3) is 3.71. The summed E-state index contributed by atoms with van der Waals surface area (Å²) >= 11 is 0. The summed E-state index contributed by atoms with van der Waals surface area (Å²) in [6.07, 6.45) is 1.48. The summed E-state index contributed by atoms with van der Waals surface area (Å²) in [4.78, 5) is 24.8. The van der Waals surface area contributed by atoms with Crippen molar-refractivity contribution in [2.75, 3.05) is 6.54 Å². The van der Waals surface area contributed by atoms with Crippen molar-refractivity contribution in [3.8, 4) is 5.75 Å². The fourth-order valence-corrected chi connectivity index (χ4v) is 3.45. The number of carbonyl (C=O) groups is 2. The van der Waals surface area contributed by atoms with E-state index in [1.54, 1.807) is 13.0 Å². The molecule has 0 spiro atoms. The van der Waals surface area contributed by atoms with Gasteiger partial charge in [-0.15, -0.1) is 0 Å². The molecule has 1 aliphatic rings. The van der Waals surface area contributed by atoms with Gasteiger partial charge in [-0.2, -0.15) is 0 Å². The molecule has 1 aliphatic heterocycles. The van der Waals surface area contributed by atoms with Crippen LogP contribution in [0.3, 0.4) is 0 Å². The zero-order valence-electron chi connectivity index (χ0n) is 15.7. The van der Waals surface area contributed by atoms with Gasteiger partial charge in [0.15, 0.2) is 0 Å². The molecule has 4 rings (SSSR count). The van der Waals surface area contributed by atoms with Gasteiger partial charge in [-0.3, -0.25) is 9.59 Å². The first-order chi connectivity index (χ1) is 13.6. The van der Waals surface area contributed by atoms with Gasteiger partial charge in [0.05, 0.1) is 5.56 Å². The van der Waals surface area contributed by atoms with Crippen LogP contribution < -0.4 is 15.4 Å². The molecule has 0 aliphatic carbocycles. The van der Waals surface area contributed by atoms with E-state index in [9.17, 15) is 9.59 Å². The molecule has 0 unspecified atom stereocenters. The zero-order valence-corrected chi connectivity index (χ0v) is 15.7. The average Bonchev–Trinajstić information content (AvgIpc) is 3.04. The lowest BCUT2D eigenvalue weighted by Crippen LogP contribution is -2.50. The van der Waals surface area contributed by atoms with Crippen LogP contribution in [-0.2, 0) is 11.4 Å². The number of piperidine rings is 1. The number of benzene rings is 2. The third-order valence-corrected chi connectivity index (χ3v) is 4.90. The second-order valence-electron chi connectivity index (χ2n) is 6.92. The van der Waals surface area contributed by atoms with E-state index in [4.69, 9.17) is 9.15 Å². The van der Waals surface area contributed by atoms with Crippen LogP contribution in [0.4, 0.5) is 0 Å². The molecule has 2 amide bonds. The van der Waals surface area contributed by atoms with Crippen LogP contribution >= 0.6 is 0 Å². The van der Waals surface area contributed by atoms with Gasteiger partial charge in [-0.1, -0.05) is 30.3 Å². The summed E-state index contributed by atoms with van der Waals surface area (Å²) in [5.41, 5.74) is 2.12. The number of rotatable bonds is 5. The highest BCUT2D eigenvalue weighted by molar-refractivity contribution is 6.08. The molecule has 144 valence electrons. The van der Waals surface area contributed by atoms with E-state index < -0.39 is 6.04 Å². The van der Waals surface area contributed by atoms with Crippen LogP contribution in [0.1, 0.15) is 34.5 Å². The molecule has 3 aromatic rings. The van der Waals surface area contributed by atoms with Gasteiger partial charge < -0.3 is 19.8 Å². The van der Waals surface area contributed by atoms with Crippen LogP contribution in [0.5, 0.6) is 5.75 Å². The molecule has 0 radical (unpaired) electrons. The summed E-state index contributed by atoms with van der Waals surface area (Å²) in [5.74, 6) is 0.723. The predicted octanol–water partition coefficient (Wildman–Crippen LogP) is 3.33. The first-order valence-corrected chi connectivity index (χ1v) is 9.40. The highest BCUT2D eigenvalue weighted by Gasteiger charge is 2.27. The van der Waals surface area contributed by atoms with E-state index in [1.165, 1.54) is 0 Å². The van der Waals surface area contributed by atoms with Gasteiger partial charge in [0.2, 0.25) is 5.91 Å². The van der Waals surface area contributed by atoms with Crippen molar-refractivity contribution in [3.05, 3.63) is 65.4 Å². The van der Waals surface area contributed by atoms with E-state index in [1.807, 2.05) is 42.5 Å². The Morgan fingerprint density at radius 3 is 2.86 bits per heavy atom. The molecule has 1 atom stereocenters. The predicted molar refractivity (Wildman–Crippen MR) is 105 cm³/mol. The smallest absolute Gasteiger partial charge is 0.256 e. The Hall–Kier alpha value is -3.28. The number of ether oxygens (including phenoxy) is 1. The lowest BCUT2D eigenvalue weighted by Gasteiger charge is -2.22. The second-order valence-corrected chi connectivity index (χ2v) is 6.92. The van der Waals surface area contributed by atoms with Gasteiger partial charge in [-0.25, -0.2) is 0 Å². The largest absolute Gasteiger partial charge is 0.489 e. The number of hydrogen-bond acceptors (Lipinski definition) is 4. The summed E-state index contributed by atoms with van der Waals surface area (Å²) in [5, 5.41) is 6.29. The van der Waals surface area contributed by atoms with Crippen LogP contribution in [0.15, 0.2) is 52.9 Å². The lowest BCUT2D eigenvalue weighted by molar-refractivity contribution is -0.124. The standard InChI is InChI=1S/C22H22N2O4/c1-14-20(22(26)24-18-8-5-11-23-21(18)25)17-12-16(9-10-19(17)28-14)27-13-15-6-3-2-4-7-15/h2-4,6-7,9-10,12,18H,5,8,11,13H2,1H3,(H,23,25)(H,24,26)/t18-/m1/s1. The number of carbonyl (C=O) groups excluding carboxylic acids is 2. The fourth-order valence-electron chi connectivity index (χ4n) is 3.45. The molecule has 0 bridgehead atoms. The molecule has 2 aromatic carbocycles. The van der Waals surface area contributed by atoms with Crippen molar-refractivity contribution in [2.24, 2.45) is 0 Å². The summed E-state index contributed by atoms with van der Waals surface area (Å²) in [7, 11) is 0. The summed E-state index contributed by atoms with van der Waals surface area (Å²) < 4.78 is 11.6. The van der Waals surface area contributed by atoms with E-state index in [-0.39, 0.29) is 11.8 Å². The lowest BCUT2D eigenvalue weighted by atomic mass is 10.0. The van der Waals surface area contributed by atoms with E-state index in [2.05, 4.69) is 10.6 Å². The Morgan fingerprint density at radius 1 is 1.25 bits per heavy atom. The van der Waals surface area contributed by atoms with Crippen LogP contribution in [0.2, 0.25) is 0 Å². The first-order valence-electron chi connectivity index (χ1n) is 9.40. The van der Waals surface area contributed by atoms with Crippen molar-refractivity contribution in [1.29, 1.82) is 0 Å². The van der Waals surface area contributed by atoms with Gasteiger partial charge in [0, 0.05) is 11.9 Å². The third-order valence-electron chi connectivity index (χ3n) is 4.90. The number of fused-ring (bicyclic) bond motifs is 1. The van der Waals surface area contributed by atoms with Gasteiger partial charge >= 0.3 is 0 Å². The second kappa shape index (κ2) is 7.76. The normalized spacial score (nSPS) is 16.6. The molecular weight excluding hydrogens is 356 g/mol. The molecular formula is C22H22N2O4. The first kappa shape index (κ1) is 18.1. The Labute approximate surface area is 162 Å². The van der Waals surface area contributed by atoms with E-state index in [0.29, 0.717) is 47.6 Å². The number of hydrogen-bond donors (Lipinski definition) is 2. The van der Waals surface area contributed by atoms with Gasteiger partial charge in [0.1, 0.15) is 29.7 Å². The number of furan rings is 1. The number of amides is 2. The zero-order chi connectivity index (χ0) is 19.5. The molecule has 6 nitrogen and oxygen atoms in total. The molecule has 28 heavy (non-hydrogen) atoms. The maximum Gasteiger partial charge on any atom is 0.256 e. The topological polar surface area (TPSA) is 80.6 Å². The Bertz CT molecular complexity index is 1010. The molecule has 6 heteroatoms. The minimum absolute atomic E-state index is 0.142. The van der Waals surface area contributed by atoms with Crippen molar-refractivity contribution in [3.63, 3.8) is 0 Å². The fraction of sp³-hybridized carbons (Fsp3) is 0.273. The van der Waals surface area contributed by atoms with Crippen molar-refractivity contribution < 1.29 is 18.7 Å². The van der Waals surface area contributed by atoms with Crippen molar-refractivity contribution >= 4 is 22.8 Å². The Kier molecular flexibility index (Phi) is 5.02. The van der Waals surface area contributed by atoms with Gasteiger partial charge in [0.25, 0.3) is 5.91 Å². The minimum Gasteiger partial charge on any atom is -0.489 e. The number of nitrogens with one attached hydrogen (secondary N) is 2. The monoisotopic (exact) mass is 378 g/mol. The average molecular weight is 378 g/mol. The maximum absolute atomic E-state index is 12.9. The Morgan fingerprint density at radius 2 is 2.07 bits per heavy atom. The molecule has 1 aromatic heterocycles. The summed E-state index contributed by atoms with van der Waals surface area (Å²) in [6.45, 7) is 2.84. The number of aryl methyl sites for hydroxylation is 1. The minimum atomic E-state index is -0.511. The highest BCUT2D eigenvalue weighted by atomic mass is 16.5. The van der Waals surface area contributed by atoms with Crippen molar-refractivity contribution in [2.45, 2.75) is 32.4 Å². The molecule has 2 N–H and O–H groups in total. The molecule has 2 heterocycles. The molecule has 1 fully saturated rings. The van der Waals surface area contributed by atoms with Crippen LogP contribution in [0.25, 0.3) is 11.0 Å². The molecule has 0 saturated carbocycles.